The van der Waals surface area contributed by atoms with Crippen molar-refractivity contribution in [2.24, 2.45) is 10.7 Å². The zero-order valence-corrected chi connectivity index (χ0v) is 14.3. The van der Waals surface area contributed by atoms with Gasteiger partial charge in [0.15, 0.2) is 0 Å². The summed E-state index contributed by atoms with van der Waals surface area (Å²) in [6, 6.07) is 6.56. The van der Waals surface area contributed by atoms with E-state index in [-0.39, 0.29) is 11.9 Å². The summed E-state index contributed by atoms with van der Waals surface area (Å²) < 4.78 is 27.2. The summed E-state index contributed by atoms with van der Waals surface area (Å²) in [6.45, 7) is 2.63. The molecule has 0 radical (unpaired) electrons. The fraction of sp³-hybridized carbons (Fsp3) is 0.533. The average molecular weight is 344 g/mol. The molecule has 2 rings (SSSR count). The summed E-state index contributed by atoms with van der Waals surface area (Å²) in [5.41, 5.74) is 6.17. The van der Waals surface area contributed by atoms with E-state index in [9.17, 15) is 8.42 Å². The van der Waals surface area contributed by atoms with Gasteiger partial charge in [0, 0.05) is 12.6 Å². The Morgan fingerprint density at radius 1 is 1.36 bits per heavy atom. The predicted octanol–water partition coefficient (Wildman–Crippen LogP) is 2.87. The smallest absolute Gasteiger partial charge is 0.243 e. The zero-order valence-electron chi connectivity index (χ0n) is 12.7. The first-order chi connectivity index (χ1) is 10.5. The molecule has 2 N–H and O–H groups in total. The largest absolute Gasteiger partial charge is 0.386 e. The normalized spacial score (nSPS) is 21.0. The molecule has 0 aromatic heterocycles. The average Bonchev–Trinajstić information content (AvgIpc) is 2.55. The minimum Gasteiger partial charge on any atom is -0.386 e. The van der Waals surface area contributed by atoms with Crippen molar-refractivity contribution in [2.45, 2.75) is 43.5 Å². The van der Waals surface area contributed by atoms with Crippen LogP contribution in [0.3, 0.4) is 0 Å². The maximum atomic E-state index is 12.8. The van der Waals surface area contributed by atoms with Crippen LogP contribution in [-0.4, -0.2) is 37.0 Å². The number of aliphatic imine (C=N–C) groups is 1. The standard InChI is InChI=1S/C15H22ClN3O2S/c1-2-13-5-3-4-10-19(13)22(20,21)14-8-6-12(7-9-14)18-15(17)11-16/h6-9,13H,2-5,10-11H2,1H3,(H2,17,18). The third-order valence-corrected chi connectivity index (χ3v) is 6.14. The number of rotatable bonds is 5. The van der Waals surface area contributed by atoms with E-state index in [1.54, 1.807) is 28.6 Å². The molecule has 1 atom stereocenters. The lowest BCUT2D eigenvalue weighted by Gasteiger charge is -2.34. The van der Waals surface area contributed by atoms with E-state index in [1.807, 2.05) is 6.92 Å². The van der Waals surface area contributed by atoms with Crippen molar-refractivity contribution in [2.75, 3.05) is 12.4 Å². The lowest BCUT2D eigenvalue weighted by molar-refractivity contribution is 0.246. The molecule has 1 aromatic rings. The molecule has 122 valence electrons. The van der Waals surface area contributed by atoms with E-state index in [2.05, 4.69) is 4.99 Å². The van der Waals surface area contributed by atoms with Gasteiger partial charge >= 0.3 is 0 Å². The molecule has 5 nitrogen and oxygen atoms in total. The van der Waals surface area contributed by atoms with E-state index in [1.165, 1.54) is 0 Å². The lowest BCUT2D eigenvalue weighted by Crippen LogP contribution is -2.43. The van der Waals surface area contributed by atoms with E-state index >= 15 is 0 Å². The summed E-state index contributed by atoms with van der Waals surface area (Å²) in [6.07, 6.45) is 3.79. The maximum absolute atomic E-state index is 12.8. The first-order valence-electron chi connectivity index (χ1n) is 7.50. The Hall–Kier alpha value is -1.11. The van der Waals surface area contributed by atoms with Gasteiger partial charge in [0.1, 0.15) is 5.84 Å². The number of halogens is 1. The molecular weight excluding hydrogens is 322 g/mol. The Kier molecular flexibility index (Phi) is 5.83. The summed E-state index contributed by atoms with van der Waals surface area (Å²) in [7, 11) is -3.45. The van der Waals surface area contributed by atoms with Crippen molar-refractivity contribution in [1.82, 2.24) is 4.31 Å². The Morgan fingerprint density at radius 2 is 2.05 bits per heavy atom. The van der Waals surface area contributed by atoms with Crippen molar-refractivity contribution >= 4 is 33.1 Å². The van der Waals surface area contributed by atoms with E-state index < -0.39 is 10.0 Å². The van der Waals surface area contributed by atoms with Crippen LogP contribution in [0.25, 0.3) is 0 Å². The van der Waals surface area contributed by atoms with Crippen molar-refractivity contribution in [3.63, 3.8) is 0 Å². The van der Waals surface area contributed by atoms with Crippen LogP contribution in [0.15, 0.2) is 34.2 Å². The van der Waals surface area contributed by atoms with Gasteiger partial charge in [0.05, 0.1) is 16.5 Å². The number of nitrogens with zero attached hydrogens (tertiary/aromatic N) is 2. The number of hydrogen-bond donors (Lipinski definition) is 1. The molecule has 0 amide bonds. The molecule has 1 heterocycles. The van der Waals surface area contributed by atoms with Crippen LogP contribution in [-0.2, 0) is 10.0 Å². The maximum Gasteiger partial charge on any atom is 0.243 e. The number of sulfonamides is 1. The van der Waals surface area contributed by atoms with Gasteiger partial charge in [-0.1, -0.05) is 13.3 Å². The van der Waals surface area contributed by atoms with Gasteiger partial charge in [-0.15, -0.1) is 11.6 Å². The monoisotopic (exact) mass is 343 g/mol. The van der Waals surface area contributed by atoms with Crippen LogP contribution in [0.1, 0.15) is 32.6 Å². The van der Waals surface area contributed by atoms with Crippen LogP contribution < -0.4 is 5.73 Å². The van der Waals surface area contributed by atoms with Crippen molar-refractivity contribution in [3.8, 4) is 0 Å². The molecule has 1 aromatic carbocycles. The molecular formula is C15H22ClN3O2S. The Labute approximate surface area is 137 Å². The topological polar surface area (TPSA) is 75.8 Å². The molecule has 1 aliphatic rings. The van der Waals surface area contributed by atoms with Gasteiger partial charge < -0.3 is 5.73 Å². The number of hydrogen-bond acceptors (Lipinski definition) is 3. The van der Waals surface area contributed by atoms with E-state index in [4.69, 9.17) is 17.3 Å². The number of alkyl halides is 1. The molecule has 1 aliphatic heterocycles. The number of amidine groups is 1. The number of nitrogens with two attached hydrogens (primary N) is 1. The highest BCUT2D eigenvalue weighted by Gasteiger charge is 2.32. The van der Waals surface area contributed by atoms with Crippen LogP contribution >= 0.6 is 11.6 Å². The molecule has 1 fully saturated rings. The van der Waals surface area contributed by atoms with Gasteiger partial charge in [-0.3, -0.25) is 0 Å². The summed E-state index contributed by atoms with van der Waals surface area (Å²) >= 11 is 5.58. The van der Waals surface area contributed by atoms with Crippen LogP contribution in [0, 0.1) is 0 Å². The van der Waals surface area contributed by atoms with Crippen molar-refractivity contribution in [1.29, 1.82) is 0 Å². The first kappa shape index (κ1) is 17.2. The molecule has 22 heavy (non-hydrogen) atoms. The fourth-order valence-corrected chi connectivity index (χ4v) is 4.55. The summed E-state index contributed by atoms with van der Waals surface area (Å²) in [5.74, 6) is 0.450. The second kappa shape index (κ2) is 7.44. The lowest BCUT2D eigenvalue weighted by atomic mass is 10.0. The van der Waals surface area contributed by atoms with E-state index in [0.717, 1.165) is 25.7 Å². The van der Waals surface area contributed by atoms with Crippen molar-refractivity contribution < 1.29 is 8.42 Å². The summed E-state index contributed by atoms with van der Waals surface area (Å²) in [5, 5.41) is 0. The highest BCUT2D eigenvalue weighted by atomic mass is 35.5. The molecule has 7 heteroatoms. The van der Waals surface area contributed by atoms with Gasteiger partial charge in [-0.25, -0.2) is 13.4 Å². The molecule has 1 unspecified atom stereocenters. The molecule has 0 saturated carbocycles. The second-order valence-electron chi connectivity index (χ2n) is 5.40. The fourth-order valence-electron chi connectivity index (χ4n) is 2.72. The van der Waals surface area contributed by atoms with Crippen molar-refractivity contribution in [3.05, 3.63) is 24.3 Å². The van der Waals surface area contributed by atoms with Gasteiger partial charge in [0.25, 0.3) is 0 Å². The predicted molar refractivity (Wildman–Crippen MR) is 90.3 cm³/mol. The highest BCUT2D eigenvalue weighted by Crippen LogP contribution is 2.27. The Bertz CT molecular complexity index is 629. The van der Waals surface area contributed by atoms with Crippen LogP contribution in [0.4, 0.5) is 5.69 Å². The molecule has 0 bridgehead atoms. The Balaban J connectivity index is 2.26. The van der Waals surface area contributed by atoms with Gasteiger partial charge in [0.2, 0.25) is 10.0 Å². The summed E-state index contributed by atoms with van der Waals surface area (Å²) in [4.78, 5) is 4.40. The molecule has 1 saturated heterocycles. The minimum atomic E-state index is -3.45. The number of benzene rings is 1. The SMILES string of the molecule is CCC1CCCCN1S(=O)(=O)c1ccc(N=C(N)CCl)cc1. The minimum absolute atomic E-state index is 0.100. The quantitative estimate of drug-likeness (QED) is 0.507. The number of piperidine rings is 1. The first-order valence-corrected chi connectivity index (χ1v) is 9.47. The van der Waals surface area contributed by atoms with Gasteiger partial charge in [-0.05, 0) is 43.5 Å². The van der Waals surface area contributed by atoms with Crippen LogP contribution in [0.5, 0.6) is 0 Å². The Morgan fingerprint density at radius 3 is 2.64 bits per heavy atom. The molecule has 0 aliphatic carbocycles. The second-order valence-corrected chi connectivity index (χ2v) is 7.56. The third kappa shape index (κ3) is 3.80. The van der Waals surface area contributed by atoms with E-state index in [0.29, 0.717) is 23.0 Å². The zero-order chi connectivity index (χ0) is 16.2. The van der Waals surface area contributed by atoms with Crippen LogP contribution in [0.2, 0.25) is 0 Å². The molecule has 0 spiro atoms. The third-order valence-electron chi connectivity index (χ3n) is 3.90. The highest BCUT2D eigenvalue weighted by molar-refractivity contribution is 7.89. The van der Waals surface area contributed by atoms with Gasteiger partial charge in [-0.2, -0.15) is 4.31 Å².